The SMILES string of the molecule is CC(C)NCC(=O)NCCc1ccc(O)cc1. The minimum Gasteiger partial charge on any atom is -0.508 e. The van der Waals surface area contributed by atoms with Crippen molar-refractivity contribution in [2.24, 2.45) is 0 Å². The molecule has 4 nitrogen and oxygen atoms in total. The Hall–Kier alpha value is -1.55. The third-order valence-electron chi connectivity index (χ3n) is 2.34. The van der Waals surface area contributed by atoms with Gasteiger partial charge in [-0.05, 0) is 24.1 Å². The summed E-state index contributed by atoms with van der Waals surface area (Å²) >= 11 is 0. The highest BCUT2D eigenvalue weighted by Crippen LogP contribution is 2.09. The van der Waals surface area contributed by atoms with Crippen LogP contribution in [0.2, 0.25) is 0 Å². The maximum atomic E-state index is 11.4. The van der Waals surface area contributed by atoms with Crippen LogP contribution in [-0.2, 0) is 11.2 Å². The van der Waals surface area contributed by atoms with Crippen molar-refractivity contribution in [3.05, 3.63) is 29.8 Å². The predicted molar refractivity (Wildman–Crippen MR) is 68.0 cm³/mol. The molecule has 0 radical (unpaired) electrons. The summed E-state index contributed by atoms with van der Waals surface area (Å²) in [5.74, 6) is 0.274. The molecule has 0 aliphatic rings. The van der Waals surface area contributed by atoms with Crippen LogP contribution >= 0.6 is 0 Å². The van der Waals surface area contributed by atoms with E-state index < -0.39 is 0 Å². The largest absolute Gasteiger partial charge is 0.508 e. The van der Waals surface area contributed by atoms with Crippen LogP contribution < -0.4 is 10.6 Å². The molecule has 0 saturated heterocycles. The first-order valence-corrected chi connectivity index (χ1v) is 5.86. The van der Waals surface area contributed by atoms with Gasteiger partial charge in [-0.25, -0.2) is 0 Å². The molecule has 1 amide bonds. The number of rotatable bonds is 6. The molecular weight excluding hydrogens is 216 g/mol. The molecule has 0 aliphatic heterocycles. The van der Waals surface area contributed by atoms with Gasteiger partial charge in [0, 0.05) is 12.6 Å². The van der Waals surface area contributed by atoms with Gasteiger partial charge in [-0.2, -0.15) is 0 Å². The zero-order valence-electron chi connectivity index (χ0n) is 10.4. The number of phenolic OH excluding ortho intramolecular Hbond substituents is 1. The molecule has 0 saturated carbocycles. The Morgan fingerprint density at radius 1 is 1.29 bits per heavy atom. The molecule has 0 aromatic heterocycles. The van der Waals surface area contributed by atoms with Crippen molar-refractivity contribution in [1.29, 1.82) is 0 Å². The van der Waals surface area contributed by atoms with E-state index in [4.69, 9.17) is 5.11 Å². The van der Waals surface area contributed by atoms with Crippen molar-refractivity contribution in [3.63, 3.8) is 0 Å². The van der Waals surface area contributed by atoms with E-state index in [9.17, 15) is 4.79 Å². The number of benzene rings is 1. The van der Waals surface area contributed by atoms with Gasteiger partial charge in [0.25, 0.3) is 0 Å². The number of carbonyl (C=O) groups is 1. The second kappa shape index (κ2) is 6.91. The van der Waals surface area contributed by atoms with Crippen molar-refractivity contribution in [2.45, 2.75) is 26.3 Å². The summed E-state index contributed by atoms with van der Waals surface area (Å²) in [7, 11) is 0. The van der Waals surface area contributed by atoms with Crippen molar-refractivity contribution < 1.29 is 9.90 Å². The lowest BCUT2D eigenvalue weighted by Gasteiger charge is -2.08. The van der Waals surface area contributed by atoms with E-state index >= 15 is 0 Å². The van der Waals surface area contributed by atoms with Gasteiger partial charge in [-0.3, -0.25) is 4.79 Å². The highest BCUT2D eigenvalue weighted by molar-refractivity contribution is 5.77. The van der Waals surface area contributed by atoms with Crippen molar-refractivity contribution in [1.82, 2.24) is 10.6 Å². The van der Waals surface area contributed by atoms with Crippen LogP contribution in [0.3, 0.4) is 0 Å². The van der Waals surface area contributed by atoms with Crippen molar-refractivity contribution >= 4 is 5.91 Å². The molecule has 0 atom stereocenters. The maximum absolute atomic E-state index is 11.4. The highest BCUT2D eigenvalue weighted by Gasteiger charge is 2.01. The second-order valence-electron chi connectivity index (χ2n) is 4.30. The predicted octanol–water partition coefficient (Wildman–Crippen LogP) is 1.05. The van der Waals surface area contributed by atoms with Gasteiger partial charge in [0.1, 0.15) is 5.75 Å². The fourth-order valence-electron chi connectivity index (χ4n) is 1.37. The van der Waals surface area contributed by atoms with Crippen LogP contribution in [-0.4, -0.2) is 30.1 Å². The van der Waals surface area contributed by atoms with Crippen LogP contribution in [0, 0.1) is 0 Å². The van der Waals surface area contributed by atoms with Gasteiger partial charge in [-0.15, -0.1) is 0 Å². The quantitative estimate of drug-likeness (QED) is 0.692. The Bertz CT molecular complexity index is 347. The Morgan fingerprint density at radius 2 is 1.94 bits per heavy atom. The third-order valence-corrected chi connectivity index (χ3v) is 2.34. The van der Waals surface area contributed by atoms with E-state index in [1.54, 1.807) is 12.1 Å². The molecule has 0 bridgehead atoms. The van der Waals surface area contributed by atoms with Gasteiger partial charge >= 0.3 is 0 Å². The Kier molecular flexibility index (Phi) is 5.49. The summed E-state index contributed by atoms with van der Waals surface area (Å²) in [6, 6.07) is 7.33. The second-order valence-corrected chi connectivity index (χ2v) is 4.30. The monoisotopic (exact) mass is 236 g/mol. The fourth-order valence-corrected chi connectivity index (χ4v) is 1.37. The van der Waals surface area contributed by atoms with Crippen LogP contribution in [0.5, 0.6) is 5.75 Å². The van der Waals surface area contributed by atoms with Crippen LogP contribution in [0.15, 0.2) is 24.3 Å². The van der Waals surface area contributed by atoms with Crippen molar-refractivity contribution in [2.75, 3.05) is 13.1 Å². The standard InChI is InChI=1S/C13H20N2O2/c1-10(2)15-9-13(17)14-8-7-11-3-5-12(16)6-4-11/h3-6,10,15-16H,7-9H2,1-2H3,(H,14,17). The van der Waals surface area contributed by atoms with E-state index in [-0.39, 0.29) is 11.7 Å². The Labute approximate surface area is 102 Å². The lowest BCUT2D eigenvalue weighted by molar-refractivity contribution is -0.120. The lowest BCUT2D eigenvalue weighted by Crippen LogP contribution is -2.37. The van der Waals surface area contributed by atoms with E-state index in [2.05, 4.69) is 10.6 Å². The Balaban J connectivity index is 2.19. The number of nitrogens with one attached hydrogen (secondary N) is 2. The van der Waals surface area contributed by atoms with Crippen molar-refractivity contribution in [3.8, 4) is 5.75 Å². The smallest absolute Gasteiger partial charge is 0.233 e. The average Bonchev–Trinajstić information content (AvgIpc) is 2.29. The normalized spacial score (nSPS) is 10.5. The first-order chi connectivity index (χ1) is 8.08. The van der Waals surface area contributed by atoms with E-state index in [1.165, 1.54) is 0 Å². The number of hydrogen-bond donors (Lipinski definition) is 3. The first-order valence-electron chi connectivity index (χ1n) is 5.86. The first kappa shape index (κ1) is 13.5. The maximum Gasteiger partial charge on any atom is 0.233 e. The number of amides is 1. The third kappa shape index (κ3) is 5.92. The summed E-state index contributed by atoms with van der Waals surface area (Å²) < 4.78 is 0. The molecule has 0 unspecified atom stereocenters. The molecule has 1 rings (SSSR count). The number of aromatic hydroxyl groups is 1. The molecule has 0 fully saturated rings. The molecule has 4 heteroatoms. The van der Waals surface area contributed by atoms with Crippen LogP contribution in [0.1, 0.15) is 19.4 Å². The summed E-state index contributed by atoms with van der Waals surface area (Å²) in [5, 5.41) is 15.0. The summed E-state index contributed by atoms with van der Waals surface area (Å²) in [5.41, 5.74) is 1.10. The molecule has 0 aliphatic carbocycles. The summed E-state index contributed by atoms with van der Waals surface area (Å²) in [4.78, 5) is 11.4. The molecule has 0 spiro atoms. The molecule has 1 aromatic rings. The van der Waals surface area contributed by atoms with E-state index in [0.717, 1.165) is 12.0 Å². The number of carbonyl (C=O) groups excluding carboxylic acids is 1. The summed E-state index contributed by atoms with van der Waals surface area (Å²) in [6.45, 7) is 4.98. The molecule has 17 heavy (non-hydrogen) atoms. The molecular formula is C13H20N2O2. The topological polar surface area (TPSA) is 61.4 Å². The number of phenols is 1. The van der Waals surface area contributed by atoms with Crippen LogP contribution in [0.4, 0.5) is 0 Å². The van der Waals surface area contributed by atoms with E-state index in [1.807, 2.05) is 26.0 Å². The van der Waals surface area contributed by atoms with Gasteiger partial charge < -0.3 is 15.7 Å². The zero-order chi connectivity index (χ0) is 12.7. The van der Waals surface area contributed by atoms with Gasteiger partial charge in [-0.1, -0.05) is 26.0 Å². The average molecular weight is 236 g/mol. The zero-order valence-corrected chi connectivity index (χ0v) is 10.4. The summed E-state index contributed by atoms with van der Waals surface area (Å²) in [6.07, 6.45) is 0.772. The fraction of sp³-hybridized carbons (Fsp3) is 0.462. The minimum atomic E-state index is 0.0116. The minimum absolute atomic E-state index is 0.0116. The number of hydrogen-bond acceptors (Lipinski definition) is 3. The van der Waals surface area contributed by atoms with Crippen LogP contribution in [0.25, 0.3) is 0 Å². The van der Waals surface area contributed by atoms with Gasteiger partial charge in [0.05, 0.1) is 6.54 Å². The molecule has 0 heterocycles. The highest BCUT2D eigenvalue weighted by atomic mass is 16.3. The molecule has 94 valence electrons. The molecule has 1 aromatic carbocycles. The molecule has 3 N–H and O–H groups in total. The van der Waals surface area contributed by atoms with Gasteiger partial charge in [0.15, 0.2) is 0 Å². The lowest BCUT2D eigenvalue weighted by atomic mass is 10.1. The van der Waals surface area contributed by atoms with E-state index in [0.29, 0.717) is 19.1 Å². The van der Waals surface area contributed by atoms with Gasteiger partial charge in [0.2, 0.25) is 5.91 Å². The Morgan fingerprint density at radius 3 is 2.53 bits per heavy atom.